The molecule has 0 amide bonds. The van der Waals surface area contributed by atoms with E-state index in [9.17, 15) is 5.11 Å². The van der Waals surface area contributed by atoms with Crippen LogP contribution in [-0.4, -0.2) is 11.7 Å². The topological polar surface area (TPSA) is 69.7 Å². The number of allylic oxidation sites excluding steroid dienone is 5. The summed E-state index contributed by atoms with van der Waals surface area (Å²) in [5.41, 5.74) is 2.76. The summed E-state index contributed by atoms with van der Waals surface area (Å²) >= 11 is 0. The van der Waals surface area contributed by atoms with Crippen LogP contribution in [0.15, 0.2) is 111 Å². The molecule has 0 radical (unpaired) electrons. The Hall–Kier alpha value is -3.60. The summed E-state index contributed by atoms with van der Waals surface area (Å²) in [6.45, 7) is 4.42. The van der Waals surface area contributed by atoms with Crippen molar-refractivity contribution in [2.45, 2.75) is 20.3 Å². The highest BCUT2D eigenvalue weighted by Crippen LogP contribution is 2.32. The Bertz CT molecular complexity index is 939. The number of hydrogen-bond acceptors (Lipinski definition) is 5. The number of aromatic hydroxyl groups is 1. The van der Waals surface area contributed by atoms with E-state index in [2.05, 4.69) is 20.5 Å². The van der Waals surface area contributed by atoms with E-state index in [1.165, 1.54) is 0 Å². The van der Waals surface area contributed by atoms with E-state index in [-0.39, 0.29) is 5.75 Å². The Morgan fingerprint density at radius 1 is 1.00 bits per heavy atom. The van der Waals surface area contributed by atoms with Crippen molar-refractivity contribution in [3.8, 4) is 5.75 Å². The summed E-state index contributed by atoms with van der Waals surface area (Å²) in [5, 5.41) is 27.1. The molecule has 0 saturated carbocycles. The van der Waals surface area contributed by atoms with E-state index in [4.69, 9.17) is 0 Å². The van der Waals surface area contributed by atoms with Crippen molar-refractivity contribution in [1.29, 1.82) is 0 Å². The van der Waals surface area contributed by atoms with Gasteiger partial charge in [-0.3, -0.25) is 0 Å². The number of nitrogens with zero attached hydrogens (tertiary/aromatic N) is 4. The van der Waals surface area contributed by atoms with Gasteiger partial charge < -0.3 is 5.11 Å². The molecule has 2 rings (SSSR count). The second-order valence-electron chi connectivity index (χ2n) is 6.00. The lowest BCUT2D eigenvalue weighted by Crippen LogP contribution is -1.78. The molecule has 0 aromatic heterocycles. The van der Waals surface area contributed by atoms with Gasteiger partial charge in [0.05, 0.1) is 17.9 Å². The predicted molar refractivity (Wildman–Crippen MR) is 120 cm³/mol. The minimum Gasteiger partial charge on any atom is -0.506 e. The fourth-order valence-electron chi connectivity index (χ4n) is 2.36. The van der Waals surface area contributed by atoms with Gasteiger partial charge in [0.15, 0.2) is 0 Å². The van der Waals surface area contributed by atoms with Gasteiger partial charge in [0.25, 0.3) is 0 Å². The fraction of sp³-hybridized carbons (Fsp3) is 0.167. The molecule has 0 spiro atoms. The summed E-state index contributed by atoms with van der Waals surface area (Å²) < 4.78 is 0. The summed E-state index contributed by atoms with van der Waals surface area (Å²) in [6, 6.07) is 14.9. The number of azo groups is 2. The number of hydrogen-bond donors (Lipinski definition) is 1. The highest BCUT2D eigenvalue weighted by molar-refractivity contribution is 5.69. The average Bonchev–Trinajstić information content (AvgIpc) is 2.73. The second-order valence-corrected chi connectivity index (χ2v) is 6.00. The van der Waals surface area contributed by atoms with Crippen LogP contribution in [0.1, 0.15) is 25.8 Å². The summed E-state index contributed by atoms with van der Waals surface area (Å²) in [7, 11) is 0. The van der Waals surface area contributed by atoms with Gasteiger partial charge in [-0.2, -0.15) is 15.3 Å². The van der Waals surface area contributed by atoms with Crippen LogP contribution in [-0.2, 0) is 0 Å². The van der Waals surface area contributed by atoms with E-state index in [0.29, 0.717) is 17.9 Å². The lowest BCUT2D eigenvalue weighted by atomic mass is 10.1. The normalized spacial score (nSPS) is 13.1. The molecule has 0 bridgehead atoms. The van der Waals surface area contributed by atoms with Gasteiger partial charge >= 0.3 is 0 Å². The maximum absolute atomic E-state index is 10.2. The number of benzene rings is 2. The minimum absolute atomic E-state index is 0.0906. The summed E-state index contributed by atoms with van der Waals surface area (Å²) in [4.78, 5) is 0. The van der Waals surface area contributed by atoms with Crippen LogP contribution in [0, 0.1) is 0 Å². The van der Waals surface area contributed by atoms with Gasteiger partial charge in [-0.05, 0) is 37.6 Å². The van der Waals surface area contributed by atoms with Gasteiger partial charge in [0.1, 0.15) is 11.4 Å². The van der Waals surface area contributed by atoms with Crippen LogP contribution >= 0.6 is 0 Å². The molecule has 5 nitrogen and oxygen atoms in total. The van der Waals surface area contributed by atoms with E-state index >= 15 is 0 Å². The molecule has 0 atom stereocenters. The Morgan fingerprint density at radius 3 is 2.59 bits per heavy atom. The van der Waals surface area contributed by atoms with Crippen molar-refractivity contribution in [2.24, 2.45) is 20.5 Å². The molecule has 0 aliphatic rings. The van der Waals surface area contributed by atoms with Gasteiger partial charge in [0, 0.05) is 5.56 Å². The first-order chi connectivity index (χ1) is 14.2. The number of phenolic OH excluding ortho intramolecular Hbond substituents is 1. The van der Waals surface area contributed by atoms with Gasteiger partial charge in [-0.1, -0.05) is 73.7 Å². The third-order valence-electron chi connectivity index (χ3n) is 3.72. The highest BCUT2D eigenvalue weighted by Gasteiger charge is 2.04. The molecule has 1 N–H and O–H groups in total. The largest absolute Gasteiger partial charge is 0.506 e. The van der Waals surface area contributed by atoms with Gasteiger partial charge in [-0.25, -0.2) is 0 Å². The molecule has 148 valence electrons. The molecule has 0 aliphatic heterocycles. The van der Waals surface area contributed by atoms with Crippen molar-refractivity contribution < 1.29 is 5.11 Å². The molecule has 2 aromatic rings. The van der Waals surface area contributed by atoms with Crippen LogP contribution in [0.2, 0.25) is 0 Å². The first-order valence-electron chi connectivity index (χ1n) is 9.57. The summed E-state index contributed by atoms with van der Waals surface area (Å²) in [6.07, 6.45) is 14.1. The van der Waals surface area contributed by atoms with E-state index in [0.717, 1.165) is 17.7 Å². The number of rotatable bonds is 9. The Morgan fingerprint density at radius 2 is 1.83 bits per heavy atom. The first-order valence-corrected chi connectivity index (χ1v) is 9.57. The van der Waals surface area contributed by atoms with Crippen LogP contribution in [0.25, 0.3) is 6.08 Å². The van der Waals surface area contributed by atoms with Crippen LogP contribution in [0.5, 0.6) is 5.75 Å². The van der Waals surface area contributed by atoms with Gasteiger partial charge in [-0.15, -0.1) is 5.11 Å². The monoisotopic (exact) mass is 386 g/mol. The van der Waals surface area contributed by atoms with Crippen molar-refractivity contribution in [3.63, 3.8) is 0 Å². The van der Waals surface area contributed by atoms with E-state index < -0.39 is 0 Å². The fourth-order valence-corrected chi connectivity index (χ4v) is 2.36. The molecule has 5 heteroatoms. The zero-order valence-electron chi connectivity index (χ0n) is 16.8. The number of phenols is 1. The standard InChI is InChI=1S/C24H26N4O/c1-3-5-7-13-20-14-10-18-23(29)24(20)28-27-21(12-4-2)17-11-19-25-26-22-15-8-6-9-16-22/h3,5-18,29H,4,19H2,1-2H3/b5-3-,13-7-,17-11-,21-12+,26-25?,28-27?. The zero-order valence-corrected chi connectivity index (χ0v) is 16.8. The van der Waals surface area contributed by atoms with Crippen molar-refractivity contribution in [3.05, 3.63) is 96.2 Å². The van der Waals surface area contributed by atoms with E-state index in [1.807, 2.05) is 92.8 Å². The molecule has 2 aromatic carbocycles. The Kier molecular flexibility index (Phi) is 9.52. The molecule has 0 fully saturated rings. The molecule has 29 heavy (non-hydrogen) atoms. The quantitative estimate of drug-likeness (QED) is 0.348. The first kappa shape index (κ1) is 21.7. The molecule has 0 aliphatic carbocycles. The average molecular weight is 386 g/mol. The summed E-state index contributed by atoms with van der Waals surface area (Å²) in [5.74, 6) is 0.0906. The Balaban J connectivity index is 2.09. The molecule has 0 saturated heterocycles. The van der Waals surface area contributed by atoms with Crippen LogP contribution in [0.4, 0.5) is 11.4 Å². The Labute approximate surface area is 172 Å². The lowest BCUT2D eigenvalue weighted by molar-refractivity contribution is 0.476. The molecule has 0 heterocycles. The van der Waals surface area contributed by atoms with Crippen molar-refractivity contribution in [2.75, 3.05) is 6.54 Å². The SMILES string of the molecule is C/C=C\C=C/c1cccc(O)c1N=NC(/C=C\CN=Nc1ccccc1)=C/CC. The van der Waals surface area contributed by atoms with E-state index in [1.54, 1.807) is 12.1 Å². The smallest absolute Gasteiger partial charge is 0.143 e. The third kappa shape index (κ3) is 7.89. The predicted octanol–water partition coefficient (Wildman–Crippen LogP) is 7.70. The second kappa shape index (κ2) is 12.7. The minimum atomic E-state index is 0.0906. The van der Waals surface area contributed by atoms with Crippen molar-refractivity contribution in [1.82, 2.24) is 0 Å². The third-order valence-corrected chi connectivity index (χ3v) is 3.72. The lowest BCUT2D eigenvalue weighted by Gasteiger charge is -2.02. The molecular weight excluding hydrogens is 360 g/mol. The maximum atomic E-state index is 10.2. The van der Waals surface area contributed by atoms with Gasteiger partial charge in [0.2, 0.25) is 0 Å². The highest BCUT2D eigenvalue weighted by atomic mass is 16.3. The maximum Gasteiger partial charge on any atom is 0.143 e. The van der Waals surface area contributed by atoms with Crippen LogP contribution in [0.3, 0.4) is 0 Å². The van der Waals surface area contributed by atoms with Crippen molar-refractivity contribution >= 4 is 17.5 Å². The zero-order chi connectivity index (χ0) is 20.7. The molecule has 0 unspecified atom stereocenters. The molecular formula is C24H26N4O. The van der Waals surface area contributed by atoms with Crippen LogP contribution < -0.4 is 0 Å².